The van der Waals surface area contributed by atoms with Crippen LogP contribution >= 0.6 is 0 Å². The van der Waals surface area contributed by atoms with Crippen LogP contribution in [0.25, 0.3) is 10.9 Å². The molecule has 4 heteroatoms. The molecule has 1 heterocycles. The fourth-order valence-corrected chi connectivity index (χ4v) is 2.32. The summed E-state index contributed by atoms with van der Waals surface area (Å²) >= 11 is 0. The van der Waals surface area contributed by atoms with E-state index in [0.717, 1.165) is 29.1 Å². The van der Waals surface area contributed by atoms with Crippen LogP contribution in [0.2, 0.25) is 0 Å². The highest BCUT2D eigenvalue weighted by molar-refractivity contribution is 6.06. The number of benzene rings is 1. The standard InChI is InChI=1S/C14H16N2O2/c1-18-10-4-5-11-12(14(15)17)8-16(13(11)6-10)7-9-2-3-9/h4-6,8-9H,2-3,7H2,1H3,(H2,15,17). The Morgan fingerprint density at radius 3 is 2.89 bits per heavy atom. The zero-order valence-corrected chi connectivity index (χ0v) is 10.3. The summed E-state index contributed by atoms with van der Waals surface area (Å²) in [6, 6.07) is 5.72. The van der Waals surface area contributed by atoms with Crippen LogP contribution in [0.1, 0.15) is 23.2 Å². The van der Waals surface area contributed by atoms with Crippen molar-refractivity contribution in [1.82, 2.24) is 4.57 Å². The maximum atomic E-state index is 11.5. The maximum absolute atomic E-state index is 11.5. The van der Waals surface area contributed by atoms with E-state index in [2.05, 4.69) is 4.57 Å². The lowest BCUT2D eigenvalue weighted by molar-refractivity contribution is 0.100. The van der Waals surface area contributed by atoms with Crippen molar-refractivity contribution >= 4 is 16.8 Å². The molecule has 4 nitrogen and oxygen atoms in total. The monoisotopic (exact) mass is 244 g/mol. The second kappa shape index (κ2) is 4.05. The summed E-state index contributed by atoms with van der Waals surface area (Å²) in [6.45, 7) is 0.955. The minimum atomic E-state index is -0.375. The third-order valence-corrected chi connectivity index (χ3v) is 3.51. The van der Waals surface area contributed by atoms with Crippen molar-refractivity contribution in [2.45, 2.75) is 19.4 Å². The Hall–Kier alpha value is -1.97. The Bertz CT molecular complexity index is 612. The number of amides is 1. The Kier molecular flexibility index (Phi) is 2.51. The summed E-state index contributed by atoms with van der Waals surface area (Å²) in [4.78, 5) is 11.5. The Morgan fingerprint density at radius 2 is 2.28 bits per heavy atom. The van der Waals surface area contributed by atoms with Gasteiger partial charge in [-0.3, -0.25) is 4.79 Å². The van der Waals surface area contributed by atoms with E-state index in [1.807, 2.05) is 24.4 Å². The topological polar surface area (TPSA) is 57.2 Å². The Morgan fingerprint density at radius 1 is 1.50 bits per heavy atom. The second-order valence-corrected chi connectivity index (χ2v) is 4.89. The number of methoxy groups -OCH3 is 1. The van der Waals surface area contributed by atoms with Crippen molar-refractivity contribution in [3.8, 4) is 5.75 Å². The molecule has 1 aromatic carbocycles. The van der Waals surface area contributed by atoms with E-state index >= 15 is 0 Å². The molecule has 0 radical (unpaired) electrons. The average Bonchev–Trinajstić information content (AvgIpc) is 3.10. The normalized spacial score (nSPS) is 14.9. The van der Waals surface area contributed by atoms with Crippen LogP contribution in [0.15, 0.2) is 24.4 Å². The molecule has 2 N–H and O–H groups in total. The van der Waals surface area contributed by atoms with Gasteiger partial charge in [0.05, 0.1) is 18.2 Å². The van der Waals surface area contributed by atoms with Crippen molar-refractivity contribution in [2.24, 2.45) is 11.7 Å². The van der Waals surface area contributed by atoms with Gasteiger partial charge in [0.1, 0.15) is 5.75 Å². The molecular formula is C14H16N2O2. The first-order chi connectivity index (χ1) is 8.69. The van der Waals surface area contributed by atoms with Crippen molar-refractivity contribution in [3.05, 3.63) is 30.0 Å². The van der Waals surface area contributed by atoms with E-state index in [4.69, 9.17) is 10.5 Å². The molecular weight excluding hydrogens is 228 g/mol. The van der Waals surface area contributed by atoms with E-state index < -0.39 is 0 Å². The fraction of sp³-hybridized carbons (Fsp3) is 0.357. The molecule has 1 aliphatic carbocycles. The first-order valence-corrected chi connectivity index (χ1v) is 6.15. The number of fused-ring (bicyclic) bond motifs is 1. The molecule has 94 valence electrons. The van der Waals surface area contributed by atoms with Crippen LogP contribution in [0.5, 0.6) is 5.75 Å². The van der Waals surface area contributed by atoms with Gasteiger partial charge in [-0.2, -0.15) is 0 Å². The molecule has 1 aliphatic rings. The number of primary amides is 1. The van der Waals surface area contributed by atoms with Gasteiger partial charge in [-0.25, -0.2) is 0 Å². The number of ether oxygens (including phenoxy) is 1. The SMILES string of the molecule is COc1ccc2c(C(N)=O)cn(CC3CC3)c2c1. The number of carbonyl (C=O) groups is 1. The van der Waals surface area contributed by atoms with Gasteiger partial charge in [-0.1, -0.05) is 0 Å². The molecule has 0 unspecified atom stereocenters. The van der Waals surface area contributed by atoms with E-state index in [1.165, 1.54) is 12.8 Å². The van der Waals surface area contributed by atoms with Crippen LogP contribution in [0.3, 0.4) is 0 Å². The van der Waals surface area contributed by atoms with Crippen LogP contribution in [0.4, 0.5) is 0 Å². The van der Waals surface area contributed by atoms with Gasteiger partial charge in [0.15, 0.2) is 0 Å². The van der Waals surface area contributed by atoms with Gasteiger partial charge < -0.3 is 15.0 Å². The molecule has 0 spiro atoms. The summed E-state index contributed by atoms with van der Waals surface area (Å²) in [5, 5.41) is 0.906. The van der Waals surface area contributed by atoms with E-state index in [1.54, 1.807) is 7.11 Å². The number of nitrogens with two attached hydrogens (primary N) is 1. The number of rotatable bonds is 4. The molecule has 1 aromatic heterocycles. The first kappa shape index (κ1) is 11.1. The Labute approximate surface area is 105 Å². The number of aromatic nitrogens is 1. The summed E-state index contributed by atoms with van der Waals surface area (Å²) in [5.41, 5.74) is 7.04. The van der Waals surface area contributed by atoms with Gasteiger partial charge in [0, 0.05) is 24.2 Å². The van der Waals surface area contributed by atoms with Crippen LogP contribution in [-0.4, -0.2) is 17.6 Å². The van der Waals surface area contributed by atoms with Crippen LogP contribution < -0.4 is 10.5 Å². The lowest BCUT2D eigenvalue weighted by Gasteiger charge is -2.05. The second-order valence-electron chi connectivity index (χ2n) is 4.89. The smallest absolute Gasteiger partial charge is 0.250 e. The highest BCUT2D eigenvalue weighted by atomic mass is 16.5. The number of nitrogens with zero attached hydrogens (tertiary/aromatic N) is 1. The third kappa shape index (κ3) is 1.83. The molecule has 0 saturated heterocycles. The molecule has 2 aromatic rings. The predicted octanol–water partition coefficient (Wildman–Crippen LogP) is 2.16. The highest BCUT2D eigenvalue weighted by Crippen LogP contribution is 2.33. The third-order valence-electron chi connectivity index (χ3n) is 3.51. The quantitative estimate of drug-likeness (QED) is 0.896. The van der Waals surface area contributed by atoms with Crippen LogP contribution in [-0.2, 0) is 6.54 Å². The van der Waals surface area contributed by atoms with Crippen molar-refractivity contribution < 1.29 is 9.53 Å². The summed E-state index contributed by atoms with van der Waals surface area (Å²) < 4.78 is 7.36. The number of carbonyl (C=O) groups excluding carboxylic acids is 1. The molecule has 1 amide bonds. The van der Waals surface area contributed by atoms with Crippen LogP contribution in [0, 0.1) is 5.92 Å². The number of hydrogen-bond acceptors (Lipinski definition) is 2. The van der Waals surface area contributed by atoms with E-state index in [0.29, 0.717) is 5.56 Å². The predicted molar refractivity (Wildman–Crippen MR) is 69.7 cm³/mol. The van der Waals surface area contributed by atoms with E-state index in [-0.39, 0.29) is 5.91 Å². The maximum Gasteiger partial charge on any atom is 0.250 e. The van der Waals surface area contributed by atoms with E-state index in [9.17, 15) is 4.79 Å². The number of hydrogen-bond donors (Lipinski definition) is 1. The molecule has 1 fully saturated rings. The molecule has 18 heavy (non-hydrogen) atoms. The van der Waals surface area contributed by atoms with Crippen molar-refractivity contribution in [3.63, 3.8) is 0 Å². The molecule has 3 rings (SSSR count). The van der Waals surface area contributed by atoms with Gasteiger partial charge in [-0.15, -0.1) is 0 Å². The summed E-state index contributed by atoms with van der Waals surface area (Å²) in [5.74, 6) is 1.17. The average molecular weight is 244 g/mol. The lowest BCUT2D eigenvalue weighted by Crippen LogP contribution is -2.10. The minimum Gasteiger partial charge on any atom is -0.497 e. The molecule has 1 saturated carbocycles. The highest BCUT2D eigenvalue weighted by Gasteiger charge is 2.23. The molecule has 0 aliphatic heterocycles. The summed E-state index contributed by atoms with van der Waals surface area (Å²) in [7, 11) is 1.64. The molecule has 0 bridgehead atoms. The van der Waals surface area contributed by atoms with Gasteiger partial charge in [0.25, 0.3) is 5.91 Å². The Balaban J connectivity index is 2.15. The van der Waals surface area contributed by atoms with Gasteiger partial charge >= 0.3 is 0 Å². The largest absolute Gasteiger partial charge is 0.497 e. The lowest BCUT2D eigenvalue weighted by atomic mass is 10.1. The zero-order chi connectivity index (χ0) is 12.7. The van der Waals surface area contributed by atoms with Gasteiger partial charge in [0.2, 0.25) is 0 Å². The minimum absolute atomic E-state index is 0.375. The summed E-state index contributed by atoms with van der Waals surface area (Å²) in [6.07, 6.45) is 4.41. The van der Waals surface area contributed by atoms with Crippen molar-refractivity contribution in [2.75, 3.05) is 7.11 Å². The first-order valence-electron chi connectivity index (χ1n) is 6.15. The fourth-order valence-electron chi connectivity index (χ4n) is 2.32. The van der Waals surface area contributed by atoms with Crippen molar-refractivity contribution in [1.29, 1.82) is 0 Å². The zero-order valence-electron chi connectivity index (χ0n) is 10.3. The van der Waals surface area contributed by atoms with Gasteiger partial charge in [-0.05, 0) is 30.9 Å². The molecule has 0 atom stereocenters.